The summed E-state index contributed by atoms with van der Waals surface area (Å²) in [4.78, 5) is 0. The van der Waals surface area contributed by atoms with Gasteiger partial charge in [0.1, 0.15) is 5.82 Å². The lowest BCUT2D eigenvalue weighted by Crippen LogP contribution is -2.10. The summed E-state index contributed by atoms with van der Waals surface area (Å²) >= 11 is 0. The largest absolute Gasteiger partial charge is 0.321 e. The lowest BCUT2D eigenvalue weighted by atomic mass is 9.97. The zero-order valence-electron chi connectivity index (χ0n) is 10.2. The van der Waals surface area contributed by atoms with Crippen LogP contribution < -0.4 is 10.9 Å². The van der Waals surface area contributed by atoms with E-state index in [4.69, 9.17) is 0 Å². The van der Waals surface area contributed by atoms with Crippen molar-refractivity contribution in [3.8, 4) is 0 Å². The number of halogens is 1. The van der Waals surface area contributed by atoms with Crippen molar-refractivity contribution in [3.63, 3.8) is 0 Å². The first-order chi connectivity index (χ1) is 7.77. The van der Waals surface area contributed by atoms with Gasteiger partial charge in [-0.1, -0.05) is 13.8 Å². The standard InChI is InChI=1S/C11H13FN2.C2H6/c1-6-8-5-13-14-10(8)4-9(12)11(6)7-2-3-7;1-2/h4,7,13-14H,2-3,5H2,1H3;1-2H3. The lowest BCUT2D eigenvalue weighted by Gasteiger charge is -2.10. The number of hydrogen-bond donors (Lipinski definition) is 2. The predicted molar refractivity (Wildman–Crippen MR) is 64.9 cm³/mol. The van der Waals surface area contributed by atoms with Gasteiger partial charge in [-0.2, -0.15) is 0 Å². The molecule has 1 aliphatic carbocycles. The monoisotopic (exact) mass is 222 g/mol. The molecule has 0 bridgehead atoms. The number of benzene rings is 1. The van der Waals surface area contributed by atoms with Gasteiger partial charge < -0.3 is 5.43 Å². The van der Waals surface area contributed by atoms with Crippen molar-refractivity contribution in [3.05, 3.63) is 28.6 Å². The summed E-state index contributed by atoms with van der Waals surface area (Å²) in [6.45, 7) is 6.84. The zero-order chi connectivity index (χ0) is 11.7. The highest BCUT2D eigenvalue weighted by atomic mass is 19.1. The maximum Gasteiger partial charge on any atom is 0.129 e. The van der Waals surface area contributed by atoms with E-state index in [9.17, 15) is 4.39 Å². The third kappa shape index (κ3) is 1.80. The highest BCUT2D eigenvalue weighted by molar-refractivity contribution is 5.60. The highest BCUT2D eigenvalue weighted by Gasteiger charge is 2.30. The molecule has 0 amide bonds. The second kappa shape index (κ2) is 4.42. The fourth-order valence-electron chi connectivity index (χ4n) is 2.28. The number of hydrazine groups is 1. The van der Waals surface area contributed by atoms with E-state index in [1.165, 1.54) is 5.56 Å². The van der Waals surface area contributed by atoms with Crippen LogP contribution in [-0.2, 0) is 6.54 Å². The Morgan fingerprint density at radius 3 is 2.62 bits per heavy atom. The summed E-state index contributed by atoms with van der Waals surface area (Å²) in [5, 5.41) is 0. The van der Waals surface area contributed by atoms with Crippen LogP contribution in [0.3, 0.4) is 0 Å². The average molecular weight is 222 g/mol. The summed E-state index contributed by atoms with van der Waals surface area (Å²) in [7, 11) is 0. The Labute approximate surface area is 96.2 Å². The summed E-state index contributed by atoms with van der Waals surface area (Å²) < 4.78 is 13.7. The molecule has 3 rings (SSSR count). The van der Waals surface area contributed by atoms with Crippen LogP contribution in [0.5, 0.6) is 0 Å². The van der Waals surface area contributed by atoms with E-state index in [0.29, 0.717) is 5.92 Å². The maximum atomic E-state index is 13.7. The molecule has 1 saturated carbocycles. The Bertz CT molecular complexity index is 397. The number of anilines is 1. The smallest absolute Gasteiger partial charge is 0.129 e. The molecule has 0 saturated heterocycles. The van der Waals surface area contributed by atoms with E-state index in [-0.39, 0.29) is 5.82 Å². The molecule has 0 aromatic heterocycles. The first-order valence-electron chi connectivity index (χ1n) is 6.08. The molecule has 1 aromatic carbocycles. The van der Waals surface area contributed by atoms with Gasteiger partial charge in [0.25, 0.3) is 0 Å². The Hall–Kier alpha value is -1.09. The van der Waals surface area contributed by atoms with E-state index >= 15 is 0 Å². The molecular formula is C13H19FN2. The van der Waals surface area contributed by atoms with Crippen LogP contribution in [0.2, 0.25) is 0 Å². The third-order valence-electron chi connectivity index (χ3n) is 3.18. The Morgan fingerprint density at radius 2 is 2.00 bits per heavy atom. The van der Waals surface area contributed by atoms with Crippen molar-refractivity contribution in [2.45, 2.75) is 46.1 Å². The minimum atomic E-state index is -0.0417. The topological polar surface area (TPSA) is 24.1 Å². The van der Waals surface area contributed by atoms with Crippen LogP contribution in [0.25, 0.3) is 0 Å². The molecule has 0 unspecified atom stereocenters. The minimum absolute atomic E-state index is 0.0417. The summed E-state index contributed by atoms with van der Waals surface area (Å²) in [6, 6.07) is 1.62. The van der Waals surface area contributed by atoms with Crippen LogP contribution in [-0.4, -0.2) is 0 Å². The van der Waals surface area contributed by atoms with Gasteiger partial charge >= 0.3 is 0 Å². The van der Waals surface area contributed by atoms with E-state index < -0.39 is 0 Å². The van der Waals surface area contributed by atoms with Gasteiger partial charge in [0, 0.05) is 6.54 Å². The van der Waals surface area contributed by atoms with Crippen molar-refractivity contribution in [1.82, 2.24) is 5.43 Å². The molecule has 2 aliphatic rings. The van der Waals surface area contributed by atoms with Crippen molar-refractivity contribution in [2.75, 3.05) is 5.43 Å². The second-order valence-corrected chi connectivity index (χ2v) is 4.18. The van der Waals surface area contributed by atoms with Gasteiger partial charge in [0.2, 0.25) is 0 Å². The molecule has 2 nitrogen and oxygen atoms in total. The Balaban J connectivity index is 0.000000457. The number of nitrogens with one attached hydrogen (secondary N) is 2. The number of fused-ring (bicyclic) bond motifs is 1. The SMILES string of the molecule is CC.Cc1c2c(cc(F)c1C1CC1)NNC2. The van der Waals surface area contributed by atoms with Gasteiger partial charge in [-0.15, -0.1) is 0 Å². The molecule has 1 aliphatic heterocycles. The van der Waals surface area contributed by atoms with E-state index in [0.717, 1.165) is 36.2 Å². The summed E-state index contributed by atoms with van der Waals surface area (Å²) in [5.41, 5.74) is 10.2. The Kier molecular flexibility index (Phi) is 3.15. The number of hydrogen-bond acceptors (Lipinski definition) is 2. The van der Waals surface area contributed by atoms with Gasteiger partial charge in [-0.25, -0.2) is 9.82 Å². The van der Waals surface area contributed by atoms with E-state index in [1.54, 1.807) is 6.07 Å². The van der Waals surface area contributed by atoms with Crippen molar-refractivity contribution in [2.24, 2.45) is 0 Å². The van der Waals surface area contributed by atoms with E-state index in [1.807, 2.05) is 20.8 Å². The lowest BCUT2D eigenvalue weighted by molar-refractivity contribution is 0.609. The van der Waals surface area contributed by atoms with Crippen LogP contribution in [0.1, 0.15) is 49.3 Å². The van der Waals surface area contributed by atoms with Crippen LogP contribution in [0.4, 0.5) is 10.1 Å². The normalized spacial score (nSPS) is 17.2. The highest BCUT2D eigenvalue weighted by Crippen LogP contribution is 2.45. The number of rotatable bonds is 1. The van der Waals surface area contributed by atoms with Crippen LogP contribution >= 0.6 is 0 Å². The molecule has 1 fully saturated rings. The predicted octanol–water partition coefficient (Wildman–Crippen LogP) is 3.47. The molecule has 2 N–H and O–H groups in total. The minimum Gasteiger partial charge on any atom is -0.321 e. The molecule has 3 heteroatoms. The first-order valence-corrected chi connectivity index (χ1v) is 6.08. The molecular weight excluding hydrogens is 203 g/mol. The van der Waals surface area contributed by atoms with Crippen LogP contribution in [0.15, 0.2) is 6.07 Å². The van der Waals surface area contributed by atoms with Crippen molar-refractivity contribution >= 4 is 5.69 Å². The summed E-state index contributed by atoms with van der Waals surface area (Å²) in [6.07, 6.45) is 2.30. The molecule has 1 aromatic rings. The molecule has 16 heavy (non-hydrogen) atoms. The van der Waals surface area contributed by atoms with Gasteiger partial charge in [-0.05, 0) is 48.4 Å². The maximum absolute atomic E-state index is 13.7. The quantitative estimate of drug-likeness (QED) is 0.760. The van der Waals surface area contributed by atoms with E-state index in [2.05, 4.69) is 10.9 Å². The Morgan fingerprint density at radius 1 is 1.31 bits per heavy atom. The fourth-order valence-corrected chi connectivity index (χ4v) is 2.28. The van der Waals surface area contributed by atoms with Gasteiger partial charge in [-0.3, -0.25) is 0 Å². The van der Waals surface area contributed by atoms with Gasteiger partial charge in [0.05, 0.1) is 5.69 Å². The zero-order valence-corrected chi connectivity index (χ0v) is 10.2. The fraction of sp³-hybridized carbons (Fsp3) is 0.538. The van der Waals surface area contributed by atoms with Crippen molar-refractivity contribution < 1.29 is 4.39 Å². The first kappa shape index (κ1) is 11.4. The molecule has 88 valence electrons. The van der Waals surface area contributed by atoms with Crippen LogP contribution in [0, 0.1) is 12.7 Å². The molecule has 0 radical (unpaired) electrons. The van der Waals surface area contributed by atoms with Gasteiger partial charge in [0.15, 0.2) is 0 Å². The average Bonchev–Trinajstić information content (AvgIpc) is 3.00. The molecule has 0 spiro atoms. The second-order valence-electron chi connectivity index (χ2n) is 4.18. The molecule has 0 atom stereocenters. The third-order valence-corrected chi connectivity index (χ3v) is 3.18. The molecule has 1 heterocycles. The van der Waals surface area contributed by atoms with Crippen molar-refractivity contribution in [1.29, 1.82) is 0 Å². The summed E-state index contributed by atoms with van der Waals surface area (Å²) in [5.74, 6) is 0.445.